The zero-order valence-corrected chi connectivity index (χ0v) is 33.7. The van der Waals surface area contributed by atoms with E-state index in [4.69, 9.17) is 24.9 Å². The molecule has 7 heteroatoms. The minimum atomic E-state index is -0.311. The van der Waals surface area contributed by atoms with E-state index < -0.39 is 0 Å². The maximum Gasteiger partial charge on any atom is 0.164 e. The predicted molar refractivity (Wildman–Crippen MR) is 247 cm³/mol. The van der Waals surface area contributed by atoms with Crippen LogP contribution < -0.4 is 0 Å². The first kappa shape index (κ1) is 37.0. The number of nitrogens with zero attached hydrogens (tertiary/aromatic N) is 5. The Labute approximate surface area is 356 Å². The molecule has 0 saturated carbocycles. The van der Waals surface area contributed by atoms with Gasteiger partial charge in [0.25, 0.3) is 0 Å². The quantitative estimate of drug-likeness (QED) is 0.124. The number of hydrogen-bond acceptors (Lipinski definition) is 5. The highest BCUT2D eigenvalue weighted by molar-refractivity contribution is 6.25. The lowest BCUT2D eigenvalue weighted by Crippen LogP contribution is -2.00. The summed E-state index contributed by atoms with van der Waals surface area (Å²) in [6.07, 6.45) is 0. The van der Waals surface area contributed by atoms with E-state index in [-0.39, 0.29) is 11.6 Å². The molecule has 0 spiro atoms. The van der Waals surface area contributed by atoms with Crippen LogP contribution in [0.2, 0.25) is 0 Å². The molecule has 0 N–H and O–H groups in total. The second-order valence-corrected chi connectivity index (χ2v) is 15.5. The Morgan fingerprint density at radius 3 is 1.21 bits per heavy atom. The van der Waals surface area contributed by atoms with Crippen molar-refractivity contribution in [1.82, 2.24) is 24.9 Å². The van der Waals surface area contributed by atoms with Crippen molar-refractivity contribution >= 4 is 43.4 Å². The van der Waals surface area contributed by atoms with Crippen LogP contribution >= 0.6 is 0 Å². The van der Waals surface area contributed by atoms with Crippen molar-refractivity contribution in [2.45, 2.75) is 13.8 Å². The molecular formula is C55H35F2N5. The van der Waals surface area contributed by atoms with Gasteiger partial charge in [-0.2, -0.15) is 0 Å². The summed E-state index contributed by atoms with van der Waals surface area (Å²) in [7, 11) is 0. The molecule has 3 aromatic heterocycles. The molecule has 3 heterocycles. The third kappa shape index (κ3) is 6.34. The van der Waals surface area contributed by atoms with Gasteiger partial charge >= 0.3 is 0 Å². The molecule has 5 nitrogen and oxygen atoms in total. The Hall–Kier alpha value is -8.03. The zero-order chi connectivity index (χ0) is 41.9. The average Bonchev–Trinajstić information content (AvgIpc) is 3.33. The van der Waals surface area contributed by atoms with Crippen LogP contribution in [-0.4, -0.2) is 24.9 Å². The first-order valence-corrected chi connectivity index (χ1v) is 20.5. The summed E-state index contributed by atoms with van der Waals surface area (Å²) in [5.74, 6) is 1.18. The summed E-state index contributed by atoms with van der Waals surface area (Å²) in [6.45, 7) is 4.28. The minimum Gasteiger partial charge on any atom is -0.247 e. The smallest absolute Gasteiger partial charge is 0.164 e. The van der Waals surface area contributed by atoms with Gasteiger partial charge in [0.2, 0.25) is 0 Å². The fourth-order valence-electron chi connectivity index (χ4n) is 8.80. The molecule has 0 aliphatic heterocycles. The van der Waals surface area contributed by atoms with Crippen LogP contribution in [-0.2, 0) is 0 Å². The molecule has 11 aromatic rings. The van der Waals surface area contributed by atoms with Gasteiger partial charge in [0.05, 0.1) is 22.4 Å². The molecule has 0 aliphatic carbocycles. The van der Waals surface area contributed by atoms with Crippen LogP contribution in [0.4, 0.5) is 8.78 Å². The SMILES string of the molecule is Cc1c2c(-c3ccc(F)cc3)nc3cc(-c4ccc(-c5nc(-c6ccccc6)nc(-c6ccccc6)n5)cc4)ccc3c2c(C)c2c(-c3ccc(F)cc3)nc3ccccc3c12. The van der Waals surface area contributed by atoms with E-state index in [1.54, 1.807) is 24.3 Å². The number of halogens is 2. The number of pyridine rings is 2. The zero-order valence-electron chi connectivity index (χ0n) is 33.7. The predicted octanol–water partition coefficient (Wildman–Crippen LogP) is 14.2. The Balaban J connectivity index is 1.11. The summed E-state index contributed by atoms with van der Waals surface area (Å²) in [5, 5.41) is 6.10. The number of aromatic nitrogens is 5. The van der Waals surface area contributed by atoms with Crippen LogP contribution in [0.5, 0.6) is 0 Å². The lowest BCUT2D eigenvalue weighted by molar-refractivity contribution is 0.627. The van der Waals surface area contributed by atoms with E-state index in [2.05, 4.69) is 50.2 Å². The number of fused-ring (bicyclic) bond motifs is 6. The molecule has 0 radical (unpaired) electrons. The molecule has 8 aromatic carbocycles. The largest absolute Gasteiger partial charge is 0.247 e. The van der Waals surface area contributed by atoms with Gasteiger partial charge in [-0.05, 0) is 108 Å². The lowest BCUT2D eigenvalue weighted by atomic mass is 9.85. The third-order valence-corrected chi connectivity index (χ3v) is 11.8. The number of aryl methyl sites for hydroxylation is 2. The van der Waals surface area contributed by atoms with Gasteiger partial charge < -0.3 is 0 Å². The van der Waals surface area contributed by atoms with E-state index in [9.17, 15) is 8.78 Å². The third-order valence-electron chi connectivity index (χ3n) is 11.8. The van der Waals surface area contributed by atoms with E-state index in [1.165, 1.54) is 24.3 Å². The monoisotopic (exact) mass is 803 g/mol. The van der Waals surface area contributed by atoms with Crippen molar-refractivity contribution in [3.63, 3.8) is 0 Å². The number of rotatable bonds is 6. The van der Waals surface area contributed by atoms with E-state index in [0.717, 1.165) is 105 Å². The molecule has 294 valence electrons. The summed E-state index contributed by atoms with van der Waals surface area (Å²) in [5.41, 5.74) is 11.6. The van der Waals surface area contributed by atoms with E-state index >= 15 is 0 Å². The summed E-state index contributed by atoms with van der Waals surface area (Å²) in [6, 6.07) is 55.8. The van der Waals surface area contributed by atoms with Gasteiger partial charge in [-0.15, -0.1) is 0 Å². The number of hydrogen-bond donors (Lipinski definition) is 0. The number of para-hydroxylation sites is 1. The Morgan fingerprint density at radius 1 is 0.306 bits per heavy atom. The maximum absolute atomic E-state index is 14.4. The van der Waals surface area contributed by atoms with Gasteiger partial charge in [-0.25, -0.2) is 33.7 Å². The van der Waals surface area contributed by atoms with Gasteiger partial charge in [0.15, 0.2) is 17.5 Å². The summed E-state index contributed by atoms with van der Waals surface area (Å²) < 4.78 is 28.7. The van der Waals surface area contributed by atoms with E-state index in [0.29, 0.717) is 17.5 Å². The van der Waals surface area contributed by atoms with Crippen LogP contribution in [0.15, 0.2) is 176 Å². The van der Waals surface area contributed by atoms with Crippen molar-refractivity contribution in [1.29, 1.82) is 0 Å². The Morgan fingerprint density at radius 2 is 0.694 bits per heavy atom. The van der Waals surface area contributed by atoms with Crippen LogP contribution in [0.25, 0.3) is 111 Å². The highest BCUT2D eigenvalue weighted by Gasteiger charge is 2.23. The molecule has 0 bridgehead atoms. The van der Waals surface area contributed by atoms with Crippen molar-refractivity contribution in [3.8, 4) is 67.8 Å². The van der Waals surface area contributed by atoms with Crippen LogP contribution in [0.3, 0.4) is 0 Å². The van der Waals surface area contributed by atoms with Gasteiger partial charge in [-0.3, -0.25) is 0 Å². The molecule has 11 rings (SSSR count). The van der Waals surface area contributed by atoms with Gasteiger partial charge in [0.1, 0.15) is 11.6 Å². The minimum absolute atomic E-state index is 0.302. The maximum atomic E-state index is 14.4. The Kier molecular flexibility index (Phi) is 8.90. The average molecular weight is 804 g/mol. The van der Waals surface area contributed by atoms with Crippen molar-refractivity contribution < 1.29 is 8.78 Å². The molecule has 0 fully saturated rings. The van der Waals surface area contributed by atoms with Crippen LogP contribution in [0.1, 0.15) is 11.1 Å². The summed E-state index contributed by atoms with van der Waals surface area (Å²) in [4.78, 5) is 25.3. The molecular weight excluding hydrogens is 769 g/mol. The topological polar surface area (TPSA) is 64.5 Å². The van der Waals surface area contributed by atoms with Crippen LogP contribution in [0, 0.1) is 25.5 Å². The van der Waals surface area contributed by atoms with Gasteiger partial charge in [0, 0.05) is 49.4 Å². The highest BCUT2D eigenvalue weighted by Crippen LogP contribution is 2.46. The molecule has 0 unspecified atom stereocenters. The standard InChI is InChI=1S/C55H35F2N5/c1-32-47-43-15-9-10-16-45(43)58-51(35-21-26-41(56)27-22-35)49(47)33(2)48-44-30-25-40(31-46(44)59-52(50(32)48)36-23-28-42(57)29-24-36)34-17-19-39(20-18-34)55-61-53(37-11-5-3-6-12-37)60-54(62-55)38-13-7-4-8-14-38/h3-31H,1-2H3. The normalized spacial score (nSPS) is 11.5. The van der Waals surface area contributed by atoms with Crippen molar-refractivity contribution in [3.05, 3.63) is 199 Å². The fraction of sp³-hybridized carbons (Fsp3) is 0.0364. The highest BCUT2D eigenvalue weighted by atomic mass is 19.1. The van der Waals surface area contributed by atoms with Crippen molar-refractivity contribution in [2.24, 2.45) is 0 Å². The lowest BCUT2D eigenvalue weighted by Gasteiger charge is -2.21. The molecule has 0 atom stereocenters. The summed E-state index contributed by atoms with van der Waals surface area (Å²) >= 11 is 0. The molecule has 62 heavy (non-hydrogen) atoms. The first-order valence-electron chi connectivity index (χ1n) is 20.5. The van der Waals surface area contributed by atoms with Gasteiger partial charge in [-0.1, -0.05) is 115 Å². The first-order chi connectivity index (χ1) is 30.4. The molecule has 0 aliphatic rings. The fourth-order valence-corrected chi connectivity index (χ4v) is 8.80. The second kappa shape index (κ2) is 14.9. The second-order valence-electron chi connectivity index (χ2n) is 15.5. The Bertz CT molecular complexity index is 3460. The molecule has 0 saturated heterocycles. The van der Waals surface area contributed by atoms with Crippen molar-refractivity contribution in [2.75, 3.05) is 0 Å². The molecule has 0 amide bonds. The van der Waals surface area contributed by atoms with E-state index in [1.807, 2.05) is 91.0 Å². The number of benzene rings is 8.